The smallest absolute Gasteiger partial charge is 0.336 e. The van der Waals surface area contributed by atoms with Crippen molar-refractivity contribution in [1.29, 1.82) is 0 Å². The summed E-state index contributed by atoms with van der Waals surface area (Å²) in [5.41, 5.74) is 4.65. The van der Waals surface area contributed by atoms with Crippen molar-refractivity contribution in [3.8, 4) is 11.1 Å². The third-order valence-corrected chi connectivity index (χ3v) is 6.48. The number of dihydropyridines is 1. The summed E-state index contributed by atoms with van der Waals surface area (Å²) in [6, 6.07) is 13.0. The molecule has 1 aliphatic heterocycles. The molecule has 3 aromatic rings. The highest BCUT2D eigenvalue weighted by Gasteiger charge is 2.38. The van der Waals surface area contributed by atoms with E-state index in [-0.39, 0.29) is 11.6 Å². The third kappa shape index (κ3) is 6.56. The number of rotatable bonds is 5. The van der Waals surface area contributed by atoms with Gasteiger partial charge in [0, 0.05) is 36.2 Å². The number of pyridine rings is 2. The van der Waals surface area contributed by atoms with Crippen molar-refractivity contribution in [2.24, 2.45) is 0 Å². The van der Waals surface area contributed by atoms with Gasteiger partial charge in [0.25, 0.3) is 0 Å². The number of benzene rings is 1. The highest BCUT2D eigenvalue weighted by molar-refractivity contribution is 6.42. The average Bonchev–Trinajstić information content (AvgIpc) is 2.91. The number of allylic oxidation sites excluding steroid dienone is 2. The quantitative estimate of drug-likeness (QED) is 0.391. The zero-order chi connectivity index (χ0) is 26.9. The van der Waals surface area contributed by atoms with Crippen LogP contribution in [-0.2, 0) is 19.1 Å². The lowest BCUT2D eigenvalue weighted by Crippen LogP contribution is -2.32. The van der Waals surface area contributed by atoms with Crippen LogP contribution in [-0.4, -0.2) is 35.6 Å². The molecule has 0 amide bonds. The van der Waals surface area contributed by atoms with Crippen LogP contribution >= 0.6 is 23.2 Å². The molecule has 7 nitrogen and oxygen atoms in total. The number of methoxy groups -OCH3 is 1. The van der Waals surface area contributed by atoms with Gasteiger partial charge in [-0.3, -0.25) is 9.97 Å². The fourth-order valence-electron chi connectivity index (χ4n) is 4.00. The molecule has 37 heavy (non-hydrogen) atoms. The summed E-state index contributed by atoms with van der Waals surface area (Å²) in [6.45, 7) is 5.41. The topological polar surface area (TPSA) is 90.4 Å². The molecule has 1 atom stereocenters. The number of carbonyl (C=O) groups excluding carboxylic acids is 2. The van der Waals surface area contributed by atoms with E-state index in [0.717, 1.165) is 0 Å². The minimum Gasteiger partial charge on any atom is -0.466 e. The third-order valence-electron chi connectivity index (χ3n) is 5.65. The van der Waals surface area contributed by atoms with E-state index < -0.39 is 17.9 Å². The van der Waals surface area contributed by atoms with Crippen molar-refractivity contribution in [3.63, 3.8) is 0 Å². The van der Waals surface area contributed by atoms with E-state index in [9.17, 15) is 9.59 Å². The van der Waals surface area contributed by atoms with Crippen molar-refractivity contribution in [2.45, 2.75) is 26.7 Å². The number of halogens is 2. The molecule has 1 aliphatic rings. The van der Waals surface area contributed by atoms with Crippen LogP contribution in [0.5, 0.6) is 0 Å². The number of ether oxygens (including phenoxy) is 2. The van der Waals surface area contributed by atoms with E-state index >= 15 is 0 Å². The van der Waals surface area contributed by atoms with Crippen molar-refractivity contribution >= 4 is 35.1 Å². The Bertz CT molecular complexity index is 1290. The van der Waals surface area contributed by atoms with Gasteiger partial charge in [0.1, 0.15) is 0 Å². The second kappa shape index (κ2) is 13.0. The molecule has 2 aromatic heterocycles. The average molecular weight is 540 g/mol. The zero-order valence-corrected chi connectivity index (χ0v) is 22.4. The molecule has 4 rings (SSSR count). The summed E-state index contributed by atoms with van der Waals surface area (Å²) < 4.78 is 10.1. The minimum absolute atomic E-state index is 0.210. The fourth-order valence-corrected chi connectivity index (χ4v) is 4.41. The molecule has 9 heteroatoms. The number of esters is 2. The molecular weight excluding hydrogens is 513 g/mol. The van der Waals surface area contributed by atoms with Crippen molar-refractivity contribution in [3.05, 3.63) is 105 Å². The van der Waals surface area contributed by atoms with Crippen LogP contribution in [0, 0.1) is 0 Å². The lowest BCUT2D eigenvalue weighted by Gasteiger charge is -2.30. The predicted octanol–water partition coefficient (Wildman–Crippen LogP) is 6.11. The maximum atomic E-state index is 12.6. The summed E-state index contributed by atoms with van der Waals surface area (Å²) in [5, 5.41) is 3.66. The highest BCUT2D eigenvalue weighted by atomic mass is 35.5. The van der Waals surface area contributed by atoms with Crippen molar-refractivity contribution < 1.29 is 19.1 Å². The number of aromatic nitrogens is 2. The summed E-state index contributed by atoms with van der Waals surface area (Å²) in [6.07, 6.45) is 7.15. The molecule has 0 aliphatic carbocycles. The van der Waals surface area contributed by atoms with Gasteiger partial charge in [0.2, 0.25) is 0 Å². The van der Waals surface area contributed by atoms with Crippen LogP contribution in [0.25, 0.3) is 11.1 Å². The molecule has 0 fully saturated rings. The van der Waals surface area contributed by atoms with Gasteiger partial charge in [-0.05, 0) is 67.8 Å². The molecule has 0 radical (unpaired) electrons. The van der Waals surface area contributed by atoms with Gasteiger partial charge in [-0.25, -0.2) is 9.59 Å². The number of nitrogens with zero attached hydrogens (tertiary/aromatic N) is 2. The monoisotopic (exact) mass is 539 g/mol. The Kier molecular flexibility index (Phi) is 9.83. The second-order valence-corrected chi connectivity index (χ2v) is 8.75. The van der Waals surface area contributed by atoms with E-state index in [1.165, 1.54) is 18.2 Å². The maximum absolute atomic E-state index is 12.6. The number of hydrogen-bond donors (Lipinski definition) is 1. The SMILES string of the molecule is CCOC(=O)C1=C(C)NC(C)=C(C(=O)OC)[C@@H]1c1cccc(Cl)c1Cl.c1cc(-c2ccncc2)ccn1. The van der Waals surface area contributed by atoms with E-state index in [1.54, 1.807) is 63.8 Å². The lowest BCUT2D eigenvalue weighted by molar-refractivity contribution is -0.139. The van der Waals surface area contributed by atoms with Gasteiger partial charge in [-0.1, -0.05) is 35.3 Å². The van der Waals surface area contributed by atoms with Crippen LogP contribution < -0.4 is 5.32 Å². The van der Waals surface area contributed by atoms with Gasteiger partial charge in [0.05, 0.1) is 40.8 Å². The molecule has 3 heterocycles. The Balaban J connectivity index is 0.000000262. The van der Waals surface area contributed by atoms with Gasteiger partial charge < -0.3 is 14.8 Å². The van der Waals surface area contributed by atoms with Crippen LogP contribution in [0.2, 0.25) is 10.0 Å². The van der Waals surface area contributed by atoms with E-state index in [1.807, 2.05) is 24.3 Å². The first kappa shape index (κ1) is 27.9. The number of nitrogens with one attached hydrogen (secondary N) is 1. The largest absolute Gasteiger partial charge is 0.466 e. The Hall–Kier alpha value is -3.68. The lowest BCUT2D eigenvalue weighted by atomic mass is 9.80. The molecule has 0 spiro atoms. The van der Waals surface area contributed by atoms with Crippen LogP contribution in [0.1, 0.15) is 32.3 Å². The summed E-state index contributed by atoms with van der Waals surface area (Å²) in [7, 11) is 1.29. The maximum Gasteiger partial charge on any atom is 0.336 e. The van der Waals surface area contributed by atoms with E-state index in [2.05, 4.69) is 15.3 Å². The molecular formula is C28H27Cl2N3O4. The highest BCUT2D eigenvalue weighted by Crippen LogP contribution is 2.43. The predicted molar refractivity (Wildman–Crippen MR) is 144 cm³/mol. The zero-order valence-electron chi connectivity index (χ0n) is 20.9. The molecule has 1 N–H and O–H groups in total. The molecule has 1 aromatic carbocycles. The number of hydrogen-bond acceptors (Lipinski definition) is 7. The van der Waals surface area contributed by atoms with Gasteiger partial charge in [-0.15, -0.1) is 0 Å². The summed E-state index contributed by atoms with van der Waals surface area (Å²) in [4.78, 5) is 32.9. The molecule has 0 saturated carbocycles. The van der Waals surface area contributed by atoms with Gasteiger partial charge >= 0.3 is 11.9 Å². The normalized spacial score (nSPS) is 14.8. The molecule has 0 saturated heterocycles. The summed E-state index contributed by atoms with van der Waals surface area (Å²) >= 11 is 12.5. The minimum atomic E-state index is -0.737. The van der Waals surface area contributed by atoms with Crippen LogP contribution in [0.4, 0.5) is 0 Å². The van der Waals surface area contributed by atoms with Crippen LogP contribution in [0.15, 0.2) is 89.8 Å². The Morgan fingerprint density at radius 3 is 1.86 bits per heavy atom. The number of carbonyl (C=O) groups is 2. The first-order valence-corrected chi connectivity index (χ1v) is 12.2. The van der Waals surface area contributed by atoms with Crippen molar-refractivity contribution in [1.82, 2.24) is 15.3 Å². The van der Waals surface area contributed by atoms with Crippen LogP contribution in [0.3, 0.4) is 0 Å². The Labute approximate surface area is 226 Å². The fraction of sp³-hybridized carbons (Fsp3) is 0.214. The Morgan fingerprint density at radius 2 is 1.38 bits per heavy atom. The van der Waals surface area contributed by atoms with Crippen molar-refractivity contribution in [2.75, 3.05) is 13.7 Å². The second-order valence-electron chi connectivity index (χ2n) is 7.96. The molecule has 0 bridgehead atoms. The first-order chi connectivity index (χ1) is 17.8. The van der Waals surface area contributed by atoms with E-state index in [0.29, 0.717) is 33.1 Å². The Morgan fingerprint density at radius 1 is 0.865 bits per heavy atom. The first-order valence-electron chi connectivity index (χ1n) is 11.5. The standard InChI is InChI=1S/C18H19Cl2NO4.C10H8N2/c1-5-25-18(23)14-10(3)21-9(2)13(17(22)24-4)15(14)11-7-6-8-12(19)16(11)20;1-5-11-6-2-9(1)10-3-7-12-8-4-10/h6-8,15,21H,5H2,1-4H3;1-8H/t15-;/m0./s1. The van der Waals surface area contributed by atoms with Gasteiger partial charge in [-0.2, -0.15) is 0 Å². The van der Waals surface area contributed by atoms with E-state index in [4.69, 9.17) is 32.7 Å². The molecule has 192 valence electrons. The summed E-state index contributed by atoms with van der Waals surface area (Å²) in [5.74, 6) is -1.82. The molecule has 0 unspecified atom stereocenters. The van der Waals surface area contributed by atoms with Gasteiger partial charge in [0.15, 0.2) is 0 Å².